The first-order valence-corrected chi connectivity index (χ1v) is 13.4. The van der Waals surface area contributed by atoms with Gasteiger partial charge in [0.15, 0.2) is 5.65 Å². The van der Waals surface area contributed by atoms with Crippen LogP contribution in [0.2, 0.25) is 4.34 Å². The number of nitrogens with zero attached hydrogens (tertiary/aromatic N) is 3. The lowest BCUT2D eigenvalue weighted by Crippen LogP contribution is -2.30. The van der Waals surface area contributed by atoms with Gasteiger partial charge in [0.25, 0.3) is 15.9 Å². The number of carbonyl (C=O) groups is 1. The van der Waals surface area contributed by atoms with Gasteiger partial charge in [-0.05, 0) is 42.8 Å². The molecule has 1 N–H and O–H groups in total. The number of thioether (sulfide) groups is 1. The van der Waals surface area contributed by atoms with Crippen LogP contribution in [0.5, 0.6) is 0 Å². The third-order valence-electron chi connectivity index (χ3n) is 4.57. The van der Waals surface area contributed by atoms with Gasteiger partial charge in [0.2, 0.25) is 0 Å². The Morgan fingerprint density at radius 1 is 1.16 bits per heavy atom. The van der Waals surface area contributed by atoms with E-state index in [1.54, 1.807) is 6.07 Å². The monoisotopic (exact) mass is 526 g/mol. The average Bonchev–Trinajstić information content (AvgIpc) is 3.33. The molecule has 12 heteroatoms. The molecule has 0 unspecified atom stereocenters. The summed E-state index contributed by atoms with van der Waals surface area (Å²) in [7, 11) is -4.05. The van der Waals surface area contributed by atoms with Gasteiger partial charge >= 0.3 is 0 Å². The largest absolute Gasteiger partial charge is 0.308 e. The fraction of sp³-hybridized carbons (Fsp3) is 0.150. The molecule has 4 aromatic rings. The van der Waals surface area contributed by atoms with Crippen molar-refractivity contribution in [2.45, 2.75) is 22.6 Å². The first-order valence-electron chi connectivity index (χ1n) is 9.21. The topological polar surface area (TPSA) is 93.9 Å². The second kappa shape index (κ2) is 9.40. The zero-order chi connectivity index (χ0) is 22.9. The van der Waals surface area contributed by atoms with E-state index >= 15 is 0 Å². The predicted molar refractivity (Wildman–Crippen MR) is 128 cm³/mol. The molecule has 166 valence electrons. The molecule has 3 heterocycles. The standard InChI is InChI=1S/C20H16Cl2N4O3S3/c1-12-23-14-6-7-15(20(27)25-32(28,29)18-9-8-17(22)31-18)24-19(14)26(12)10-13-4-2-3-5-16(13)30-11-21/h2-9H,10-11H2,1H3,(H,25,27). The van der Waals surface area contributed by atoms with Crippen LogP contribution in [0.3, 0.4) is 0 Å². The smallest absolute Gasteiger partial charge is 0.283 e. The number of aromatic nitrogens is 3. The summed E-state index contributed by atoms with van der Waals surface area (Å²) >= 11 is 14.1. The van der Waals surface area contributed by atoms with Gasteiger partial charge in [-0.1, -0.05) is 29.8 Å². The zero-order valence-corrected chi connectivity index (χ0v) is 20.5. The van der Waals surface area contributed by atoms with Crippen molar-refractivity contribution in [1.29, 1.82) is 0 Å². The maximum absolute atomic E-state index is 12.7. The highest BCUT2D eigenvalue weighted by atomic mass is 35.5. The van der Waals surface area contributed by atoms with E-state index in [1.807, 2.05) is 40.5 Å². The lowest BCUT2D eigenvalue weighted by atomic mass is 10.2. The van der Waals surface area contributed by atoms with Crippen molar-refractivity contribution in [2.24, 2.45) is 0 Å². The van der Waals surface area contributed by atoms with Crippen LogP contribution in [0, 0.1) is 6.92 Å². The normalized spacial score (nSPS) is 11.7. The van der Waals surface area contributed by atoms with Crippen molar-refractivity contribution in [1.82, 2.24) is 19.3 Å². The zero-order valence-electron chi connectivity index (χ0n) is 16.6. The second-order valence-corrected chi connectivity index (χ2v) is 11.9. The van der Waals surface area contributed by atoms with Crippen molar-refractivity contribution in [2.75, 3.05) is 5.21 Å². The number of hydrogen-bond acceptors (Lipinski definition) is 7. The van der Waals surface area contributed by atoms with E-state index in [4.69, 9.17) is 23.2 Å². The number of thiophene rings is 1. The predicted octanol–water partition coefficient (Wildman–Crippen LogP) is 4.91. The highest BCUT2D eigenvalue weighted by molar-refractivity contribution is 8.00. The van der Waals surface area contributed by atoms with E-state index in [9.17, 15) is 13.2 Å². The van der Waals surface area contributed by atoms with Crippen LogP contribution in [-0.2, 0) is 16.6 Å². The Kier molecular flexibility index (Phi) is 6.78. The van der Waals surface area contributed by atoms with Crippen LogP contribution in [0.1, 0.15) is 21.9 Å². The first kappa shape index (κ1) is 23.1. The Hall–Kier alpha value is -2.11. The SMILES string of the molecule is Cc1nc2ccc(C(=O)NS(=O)(=O)c3ccc(Cl)s3)nc2n1Cc1ccccc1SCCl. The number of fused-ring (bicyclic) bond motifs is 1. The Bertz CT molecular complexity index is 1420. The van der Waals surface area contributed by atoms with Gasteiger partial charge in [0, 0.05) is 4.90 Å². The van der Waals surface area contributed by atoms with E-state index < -0.39 is 15.9 Å². The number of nitrogens with one attached hydrogen (secondary N) is 1. The van der Waals surface area contributed by atoms with Crippen LogP contribution in [-0.4, -0.2) is 34.1 Å². The van der Waals surface area contributed by atoms with Gasteiger partial charge in [-0.15, -0.1) is 34.7 Å². The Morgan fingerprint density at radius 2 is 1.94 bits per heavy atom. The summed E-state index contributed by atoms with van der Waals surface area (Å²) in [4.78, 5) is 22.6. The molecule has 0 radical (unpaired) electrons. The minimum absolute atomic E-state index is 0.0340. The van der Waals surface area contributed by atoms with E-state index in [2.05, 4.69) is 9.97 Å². The molecule has 0 spiro atoms. The van der Waals surface area contributed by atoms with Gasteiger partial charge < -0.3 is 4.57 Å². The molecule has 7 nitrogen and oxygen atoms in total. The summed E-state index contributed by atoms with van der Waals surface area (Å²) in [5, 5.41) is 0.424. The number of alkyl halides is 1. The number of rotatable bonds is 7. The molecule has 0 atom stereocenters. The molecule has 0 bridgehead atoms. The molecule has 0 fully saturated rings. The Morgan fingerprint density at radius 3 is 2.66 bits per heavy atom. The van der Waals surface area contributed by atoms with E-state index in [1.165, 1.54) is 30.0 Å². The number of hydrogen-bond donors (Lipinski definition) is 1. The minimum Gasteiger partial charge on any atom is -0.308 e. The van der Waals surface area contributed by atoms with E-state index in [0.29, 0.717) is 27.3 Å². The summed E-state index contributed by atoms with van der Waals surface area (Å²) in [6.07, 6.45) is 0. The maximum atomic E-state index is 12.7. The molecule has 3 aromatic heterocycles. The summed E-state index contributed by atoms with van der Waals surface area (Å²) in [6.45, 7) is 2.33. The number of halogens is 2. The second-order valence-electron chi connectivity index (χ2n) is 6.64. The van der Waals surface area contributed by atoms with Crippen molar-refractivity contribution >= 4 is 73.4 Å². The van der Waals surface area contributed by atoms with Crippen molar-refractivity contribution in [3.05, 3.63) is 69.9 Å². The third kappa shape index (κ3) is 4.79. The molecule has 32 heavy (non-hydrogen) atoms. The molecular formula is C20H16Cl2N4O3S3. The fourth-order valence-electron chi connectivity index (χ4n) is 3.10. The Balaban J connectivity index is 1.66. The fourth-order valence-corrected chi connectivity index (χ4v) is 6.51. The summed E-state index contributed by atoms with van der Waals surface area (Å²) in [5.74, 6) is -0.114. The number of imidazole rings is 1. The van der Waals surface area contributed by atoms with Crippen LogP contribution in [0.25, 0.3) is 11.2 Å². The molecule has 0 aliphatic heterocycles. The number of pyridine rings is 1. The lowest BCUT2D eigenvalue weighted by molar-refractivity contribution is 0.0977. The van der Waals surface area contributed by atoms with Crippen LogP contribution < -0.4 is 4.72 Å². The maximum Gasteiger partial charge on any atom is 0.283 e. The minimum atomic E-state index is -4.05. The average molecular weight is 527 g/mol. The van der Waals surface area contributed by atoms with Crippen LogP contribution in [0.15, 0.2) is 57.6 Å². The molecule has 4 rings (SSSR count). The molecule has 1 amide bonds. The van der Waals surface area contributed by atoms with Gasteiger partial charge in [0.1, 0.15) is 21.2 Å². The quantitative estimate of drug-likeness (QED) is 0.271. The first-order chi connectivity index (χ1) is 15.3. The van der Waals surface area contributed by atoms with Crippen molar-refractivity contribution in [3.8, 4) is 0 Å². The van der Waals surface area contributed by atoms with Gasteiger partial charge in [-0.3, -0.25) is 4.79 Å². The van der Waals surface area contributed by atoms with Crippen LogP contribution in [0.4, 0.5) is 0 Å². The van der Waals surface area contributed by atoms with E-state index in [0.717, 1.165) is 27.6 Å². The highest BCUT2D eigenvalue weighted by Crippen LogP contribution is 2.27. The number of amides is 1. The van der Waals surface area contributed by atoms with Gasteiger partial charge in [0.05, 0.1) is 16.1 Å². The summed E-state index contributed by atoms with van der Waals surface area (Å²) in [5.41, 5.74) is 2.09. The van der Waals surface area contributed by atoms with E-state index in [-0.39, 0.29) is 9.90 Å². The molecule has 0 saturated heterocycles. The Labute approximate surface area is 202 Å². The van der Waals surface area contributed by atoms with Crippen molar-refractivity contribution < 1.29 is 13.2 Å². The molecule has 0 aliphatic rings. The van der Waals surface area contributed by atoms with Gasteiger partial charge in [-0.25, -0.2) is 23.1 Å². The molecule has 0 aliphatic carbocycles. The number of carbonyl (C=O) groups excluding carboxylic acids is 1. The summed E-state index contributed by atoms with van der Waals surface area (Å²) < 4.78 is 29.1. The van der Waals surface area contributed by atoms with Crippen LogP contribution >= 0.6 is 46.3 Å². The molecule has 1 aromatic carbocycles. The third-order valence-corrected chi connectivity index (χ3v) is 8.77. The molecule has 0 saturated carbocycles. The van der Waals surface area contributed by atoms with Gasteiger partial charge in [-0.2, -0.15) is 0 Å². The highest BCUT2D eigenvalue weighted by Gasteiger charge is 2.22. The number of aryl methyl sites for hydroxylation is 1. The number of benzene rings is 1. The summed E-state index contributed by atoms with van der Waals surface area (Å²) in [6, 6.07) is 13.8. The van der Waals surface area contributed by atoms with Crippen molar-refractivity contribution in [3.63, 3.8) is 0 Å². The molecular weight excluding hydrogens is 511 g/mol. The number of sulfonamides is 1. The lowest BCUT2D eigenvalue weighted by Gasteiger charge is -2.11.